The Morgan fingerprint density at radius 1 is 0.591 bits per heavy atom. The predicted octanol–water partition coefficient (Wildman–Crippen LogP) is 4.84. The van der Waals surface area contributed by atoms with E-state index in [-0.39, 0.29) is 19.6 Å². The molecule has 0 bridgehead atoms. The first kappa shape index (κ1) is 39.3. The van der Waals surface area contributed by atoms with Crippen LogP contribution in [0.25, 0.3) is 0 Å². The molecule has 0 aromatic carbocycles. The highest BCUT2D eigenvalue weighted by Crippen LogP contribution is 2.34. The number of carbonyl (C=O) groups excluding carboxylic acids is 4. The molecule has 44 heavy (non-hydrogen) atoms. The van der Waals surface area contributed by atoms with Crippen LogP contribution >= 0.6 is 0 Å². The van der Waals surface area contributed by atoms with Crippen molar-refractivity contribution < 1.29 is 57.5 Å². The fraction of sp³-hybridized carbons (Fsp3) is 0.844. The number of aliphatic carboxylic acids is 1. The summed E-state index contributed by atoms with van der Waals surface area (Å²) >= 11 is 0. The van der Waals surface area contributed by atoms with Crippen LogP contribution in [0.5, 0.6) is 0 Å². The van der Waals surface area contributed by atoms with Crippen molar-refractivity contribution in [3.63, 3.8) is 0 Å². The Labute approximate surface area is 261 Å². The molecule has 254 valence electrons. The minimum Gasteiger partial charge on any atom is -0.481 e. The molecule has 1 aliphatic rings. The highest BCUT2D eigenvalue weighted by molar-refractivity contribution is 5.78. The number of carboxylic acids is 1. The van der Waals surface area contributed by atoms with Gasteiger partial charge in [0.2, 0.25) is 0 Å². The molecule has 0 spiro atoms. The summed E-state index contributed by atoms with van der Waals surface area (Å²) in [7, 11) is 0. The molecule has 0 radical (unpaired) electrons. The van der Waals surface area contributed by atoms with Gasteiger partial charge < -0.3 is 33.5 Å². The average molecular weight is 631 g/mol. The molecule has 12 heteroatoms. The Kier molecular flexibility index (Phi) is 13.9. The number of hydrogen-bond acceptors (Lipinski definition) is 11. The van der Waals surface area contributed by atoms with Crippen LogP contribution in [-0.2, 0) is 52.4 Å². The van der Waals surface area contributed by atoms with Crippen LogP contribution in [0.1, 0.15) is 109 Å². The van der Waals surface area contributed by atoms with Gasteiger partial charge in [-0.2, -0.15) is 0 Å². The van der Waals surface area contributed by atoms with Crippen LogP contribution in [0.15, 0.2) is 0 Å². The third kappa shape index (κ3) is 12.7. The van der Waals surface area contributed by atoms with Crippen LogP contribution in [0.3, 0.4) is 0 Å². The number of esters is 4. The maximum Gasteiger partial charge on any atom is 0.311 e. The number of ether oxygens (including phenoxy) is 6. The number of carboxylic acid groups (broad SMARTS) is 1. The summed E-state index contributed by atoms with van der Waals surface area (Å²) in [6, 6.07) is 0. The van der Waals surface area contributed by atoms with Crippen molar-refractivity contribution in [3.8, 4) is 0 Å². The molecule has 1 heterocycles. The molecule has 1 fully saturated rings. The van der Waals surface area contributed by atoms with Crippen LogP contribution in [-0.4, -0.2) is 78.9 Å². The van der Waals surface area contributed by atoms with Crippen molar-refractivity contribution in [2.45, 2.75) is 139 Å². The standard InChI is InChI=1S/C32H54O12/c1-29(2,3)25(35)40-18-19-21(42-26(36)30(4,5)6)22(43-27(37)31(7,8)9)23(44-28(38)32(10,11)12)24(41-19)39-17-15-13-14-16-20(33)34/h19,21-24H,13-18H2,1-12H3,(H,33,34)/t19-,21-,22+,23+,24+/m1/s1. The SMILES string of the molecule is CC(C)(C)C(=O)OC[C@H]1O[C@H](OCCCCCC(=O)O)[C@@H](OC(=O)C(C)(C)C)[C@@H](OC(=O)C(C)(C)C)[C@@H]1OC(=O)C(C)(C)C. The molecule has 0 saturated carbocycles. The Bertz CT molecular complexity index is 1010. The molecule has 1 aliphatic heterocycles. The summed E-state index contributed by atoms with van der Waals surface area (Å²) < 4.78 is 35.5. The van der Waals surface area contributed by atoms with Gasteiger partial charge in [0.15, 0.2) is 24.6 Å². The van der Waals surface area contributed by atoms with E-state index in [1.165, 1.54) is 0 Å². The summed E-state index contributed by atoms with van der Waals surface area (Å²) in [5, 5.41) is 8.91. The lowest BCUT2D eigenvalue weighted by Gasteiger charge is -2.45. The predicted molar refractivity (Wildman–Crippen MR) is 159 cm³/mol. The Hall–Kier alpha value is -2.73. The minimum absolute atomic E-state index is 0.0125. The lowest BCUT2D eigenvalue weighted by molar-refractivity contribution is -0.312. The monoisotopic (exact) mass is 630 g/mol. The maximum atomic E-state index is 13.3. The Morgan fingerprint density at radius 2 is 1.02 bits per heavy atom. The van der Waals surface area contributed by atoms with Gasteiger partial charge in [-0.25, -0.2) is 0 Å². The van der Waals surface area contributed by atoms with Gasteiger partial charge in [0.25, 0.3) is 0 Å². The van der Waals surface area contributed by atoms with E-state index < -0.39 is 82.2 Å². The first-order valence-electron chi connectivity index (χ1n) is 15.1. The molecular weight excluding hydrogens is 576 g/mol. The summed E-state index contributed by atoms with van der Waals surface area (Å²) in [6.45, 7) is 19.6. The maximum absolute atomic E-state index is 13.3. The van der Waals surface area contributed by atoms with Crippen molar-refractivity contribution in [2.24, 2.45) is 21.7 Å². The first-order valence-corrected chi connectivity index (χ1v) is 15.1. The van der Waals surface area contributed by atoms with Crippen LogP contribution in [0.2, 0.25) is 0 Å². The zero-order chi connectivity index (χ0) is 34.3. The third-order valence-corrected chi connectivity index (χ3v) is 6.47. The van der Waals surface area contributed by atoms with E-state index in [0.29, 0.717) is 19.3 Å². The van der Waals surface area contributed by atoms with Crippen molar-refractivity contribution in [2.75, 3.05) is 13.2 Å². The van der Waals surface area contributed by atoms with Gasteiger partial charge in [-0.15, -0.1) is 0 Å². The lowest BCUT2D eigenvalue weighted by atomic mass is 9.93. The third-order valence-electron chi connectivity index (χ3n) is 6.47. The van der Waals surface area contributed by atoms with Crippen molar-refractivity contribution in [1.82, 2.24) is 0 Å². The van der Waals surface area contributed by atoms with Gasteiger partial charge in [0, 0.05) is 13.0 Å². The molecule has 5 atom stereocenters. The summed E-state index contributed by atoms with van der Waals surface area (Å²) in [5.74, 6) is -3.38. The molecule has 1 saturated heterocycles. The van der Waals surface area contributed by atoms with Crippen LogP contribution in [0, 0.1) is 21.7 Å². The summed E-state index contributed by atoms with van der Waals surface area (Å²) in [5.41, 5.74) is -3.76. The molecule has 12 nitrogen and oxygen atoms in total. The fourth-order valence-corrected chi connectivity index (χ4v) is 3.58. The van der Waals surface area contributed by atoms with E-state index in [2.05, 4.69) is 0 Å². The van der Waals surface area contributed by atoms with Crippen molar-refractivity contribution >= 4 is 29.8 Å². The van der Waals surface area contributed by atoms with Gasteiger partial charge >= 0.3 is 29.8 Å². The molecule has 0 aliphatic carbocycles. The average Bonchev–Trinajstić information content (AvgIpc) is 2.84. The highest BCUT2D eigenvalue weighted by atomic mass is 16.7. The highest BCUT2D eigenvalue weighted by Gasteiger charge is 2.55. The normalized spacial score (nSPS) is 23.0. The number of unbranched alkanes of at least 4 members (excludes halogenated alkanes) is 2. The molecule has 1 rings (SSSR count). The van der Waals surface area contributed by atoms with Gasteiger partial charge in [0.05, 0.1) is 21.7 Å². The number of hydrogen-bond donors (Lipinski definition) is 1. The largest absolute Gasteiger partial charge is 0.481 e. The summed E-state index contributed by atoms with van der Waals surface area (Å²) in [4.78, 5) is 63.2. The zero-order valence-corrected chi connectivity index (χ0v) is 28.6. The van der Waals surface area contributed by atoms with Gasteiger partial charge in [-0.1, -0.05) is 6.42 Å². The van der Waals surface area contributed by atoms with E-state index in [9.17, 15) is 24.0 Å². The lowest BCUT2D eigenvalue weighted by Crippen LogP contribution is -2.64. The zero-order valence-electron chi connectivity index (χ0n) is 28.6. The smallest absolute Gasteiger partial charge is 0.311 e. The molecule has 0 amide bonds. The number of rotatable bonds is 12. The van der Waals surface area contributed by atoms with Crippen LogP contribution < -0.4 is 0 Å². The quantitative estimate of drug-likeness (QED) is 0.178. The van der Waals surface area contributed by atoms with Crippen LogP contribution in [0.4, 0.5) is 0 Å². The first-order chi connectivity index (χ1) is 19.9. The molecular formula is C32H54O12. The second kappa shape index (κ2) is 15.5. The Morgan fingerprint density at radius 3 is 1.45 bits per heavy atom. The minimum atomic E-state index is -1.39. The van der Waals surface area contributed by atoms with E-state index in [1.807, 2.05) is 0 Å². The van der Waals surface area contributed by atoms with E-state index in [4.69, 9.17) is 33.5 Å². The number of carbonyl (C=O) groups is 5. The molecule has 1 N–H and O–H groups in total. The van der Waals surface area contributed by atoms with Gasteiger partial charge in [-0.3, -0.25) is 24.0 Å². The second-order valence-electron chi connectivity index (χ2n) is 15.3. The van der Waals surface area contributed by atoms with Gasteiger partial charge in [0.1, 0.15) is 12.7 Å². The molecule has 0 aromatic rings. The van der Waals surface area contributed by atoms with Crippen molar-refractivity contribution in [3.05, 3.63) is 0 Å². The Balaban J connectivity index is 3.60. The van der Waals surface area contributed by atoms with Gasteiger partial charge in [-0.05, 0) is 95.9 Å². The van der Waals surface area contributed by atoms with E-state index in [0.717, 1.165) is 0 Å². The topological polar surface area (TPSA) is 161 Å². The summed E-state index contributed by atoms with van der Waals surface area (Å²) in [6.07, 6.45) is -5.09. The van der Waals surface area contributed by atoms with Crippen molar-refractivity contribution in [1.29, 1.82) is 0 Å². The molecule has 0 aromatic heterocycles. The molecule has 0 unspecified atom stereocenters. The second-order valence-corrected chi connectivity index (χ2v) is 15.3. The van der Waals surface area contributed by atoms with E-state index in [1.54, 1.807) is 83.1 Å². The van der Waals surface area contributed by atoms with E-state index >= 15 is 0 Å². The fourth-order valence-electron chi connectivity index (χ4n) is 3.58.